The molecule has 23 heavy (non-hydrogen) atoms. The minimum Gasteiger partial charge on any atom is -0.492 e. The maximum atomic E-state index is 12.1. The van der Waals surface area contributed by atoms with Gasteiger partial charge in [-0.05, 0) is 50.4 Å². The Morgan fingerprint density at radius 3 is 2.65 bits per heavy atom. The van der Waals surface area contributed by atoms with Crippen LogP contribution in [0.2, 0.25) is 0 Å². The van der Waals surface area contributed by atoms with Gasteiger partial charge in [0.25, 0.3) is 5.91 Å². The number of hydrogen-bond acceptors (Lipinski definition) is 4. The number of carbonyl (C=O) groups excluding carboxylic acids is 2. The normalized spacial score (nSPS) is 13.5. The highest BCUT2D eigenvalue weighted by Crippen LogP contribution is 2.28. The Kier molecular flexibility index (Phi) is 5.98. The van der Waals surface area contributed by atoms with Gasteiger partial charge >= 0.3 is 0 Å². The first-order chi connectivity index (χ1) is 11.0. The zero-order valence-corrected chi connectivity index (χ0v) is 14.0. The first-order valence-electron chi connectivity index (χ1n) is 8.00. The van der Waals surface area contributed by atoms with Gasteiger partial charge in [-0.3, -0.25) is 9.59 Å². The van der Waals surface area contributed by atoms with Crippen molar-refractivity contribution in [2.75, 3.05) is 39.1 Å². The summed E-state index contributed by atoms with van der Waals surface area (Å²) in [7, 11) is 3.39. The van der Waals surface area contributed by atoms with Crippen LogP contribution < -0.4 is 15.4 Å². The van der Waals surface area contributed by atoms with E-state index in [2.05, 4.69) is 10.6 Å². The van der Waals surface area contributed by atoms with E-state index in [4.69, 9.17) is 4.74 Å². The summed E-state index contributed by atoms with van der Waals surface area (Å²) in [6, 6.07) is 5.08. The molecule has 1 aliphatic carbocycles. The summed E-state index contributed by atoms with van der Waals surface area (Å²) < 4.78 is 5.53. The van der Waals surface area contributed by atoms with E-state index in [0.29, 0.717) is 23.6 Å². The van der Waals surface area contributed by atoms with Gasteiger partial charge < -0.3 is 20.3 Å². The van der Waals surface area contributed by atoms with E-state index < -0.39 is 0 Å². The second kappa shape index (κ2) is 7.97. The number of carbonyl (C=O) groups is 2. The molecule has 1 saturated carbocycles. The second-order valence-electron chi connectivity index (χ2n) is 5.97. The van der Waals surface area contributed by atoms with E-state index >= 15 is 0 Å². The van der Waals surface area contributed by atoms with Gasteiger partial charge in [0.15, 0.2) is 0 Å². The van der Waals surface area contributed by atoms with Gasteiger partial charge in [-0.15, -0.1) is 0 Å². The molecule has 2 N–H and O–H groups in total. The summed E-state index contributed by atoms with van der Waals surface area (Å²) in [5, 5.41) is 5.97. The van der Waals surface area contributed by atoms with E-state index in [1.54, 1.807) is 32.3 Å². The summed E-state index contributed by atoms with van der Waals surface area (Å²) >= 11 is 0. The van der Waals surface area contributed by atoms with Gasteiger partial charge in [-0.1, -0.05) is 0 Å². The Morgan fingerprint density at radius 1 is 1.30 bits per heavy atom. The first-order valence-corrected chi connectivity index (χ1v) is 8.00. The number of rotatable bonds is 8. The smallest absolute Gasteiger partial charge is 0.253 e. The van der Waals surface area contributed by atoms with Gasteiger partial charge in [-0.2, -0.15) is 0 Å². The van der Waals surface area contributed by atoms with Crippen molar-refractivity contribution in [2.24, 2.45) is 5.92 Å². The zero-order chi connectivity index (χ0) is 16.8. The largest absolute Gasteiger partial charge is 0.492 e. The lowest BCUT2D eigenvalue weighted by molar-refractivity contribution is -0.115. The van der Waals surface area contributed by atoms with Crippen LogP contribution in [0.1, 0.15) is 30.1 Å². The maximum absolute atomic E-state index is 12.1. The third-order valence-corrected chi connectivity index (χ3v) is 3.62. The van der Waals surface area contributed by atoms with Crippen LogP contribution in [-0.4, -0.2) is 50.5 Å². The average Bonchev–Trinajstić information content (AvgIpc) is 3.32. The molecule has 0 atom stereocenters. The number of ether oxygens (including phenoxy) is 1. The molecule has 1 aromatic carbocycles. The van der Waals surface area contributed by atoms with Gasteiger partial charge in [0, 0.05) is 19.7 Å². The fourth-order valence-corrected chi connectivity index (χ4v) is 2.21. The average molecular weight is 319 g/mol. The van der Waals surface area contributed by atoms with Crippen LogP contribution in [0.25, 0.3) is 0 Å². The Morgan fingerprint density at radius 2 is 2.04 bits per heavy atom. The molecule has 0 heterocycles. The van der Waals surface area contributed by atoms with Gasteiger partial charge in [0.1, 0.15) is 5.75 Å². The fraction of sp³-hybridized carbons (Fsp3) is 0.529. The maximum Gasteiger partial charge on any atom is 0.253 e. The molecule has 1 aliphatic rings. The quantitative estimate of drug-likeness (QED) is 0.765. The molecule has 0 radical (unpaired) electrons. The lowest BCUT2D eigenvalue weighted by Gasteiger charge is -2.15. The summed E-state index contributed by atoms with van der Waals surface area (Å²) in [5.41, 5.74) is 1.04. The van der Waals surface area contributed by atoms with Crippen molar-refractivity contribution < 1.29 is 14.3 Å². The molecule has 0 aromatic heterocycles. The SMILES string of the molecule is CCOc1ccc(C(=O)N(C)C)cc1NC(=O)CNCC1CC1. The third kappa shape index (κ3) is 5.25. The molecule has 2 rings (SSSR count). The molecule has 0 aliphatic heterocycles. The van der Waals surface area contributed by atoms with Crippen molar-refractivity contribution in [2.45, 2.75) is 19.8 Å². The molecule has 1 fully saturated rings. The van der Waals surface area contributed by atoms with E-state index in [1.165, 1.54) is 17.7 Å². The molecule has 126 valence electrons. The van der Waals surface area contributed by atoms with E-state index in [0.717, 1.165) is 12.5 Å². The second-order valence-corrected chi connectivity index (χ2v) is 5.97. The number of nitrogens with one attached hydrogen (secondary N) is 2. The molecule has 2 amide bonds. The number of amides is 2. The molecular formula is C17H25N3O3. The molecule has 0 bridgehead atoms. The fourth-order valence-electron chi connectivity index (χ4n) is 2.21. The van der Waals surface area contributed by atoms with Crippen LogP contribution in [0.5, 0.6) is 5.75 Å². The van der Waals surface area contributed by atoms with E-state index in [9.17, 15) is 9.59 Å². The monoisotopic (exact) mass is 319 g/mol. The van der Waals surface area contributed by atoms with Crippen LogP contribution in [0.3, 0.4) is 0 Å². The van der Waals surface area contributed by atoms with Crippen molar-refractivity contribution >= 4 is 17.5 Å². The zero-order valence-electron chi connectivity index (χ0n) is 14.0. The van der Waals surface area contributed by atoms with Crippen LogP contribution >= 0.6 is 0 Å². The number of anilines is 1. The molecule has 6 nitrogen and oxygen atoms in total. The summed E-state index contributed by atoms with van der Waals surface area (Å²) in [6.45, 7) is 3.50. The standard InChI is InChI=1S/C17H25N3O3/c1-4-23-15-8-7-13(17(22)20(2)3)9-14(15)19-16(21)11-18-10-12-5-6-12/h7-9,12,18H,4-6,10-11H2,1-3H3,(H,19,21). The predicted octanol–water partition coefficient (Wildman–Crippen LogP) is 1.73. The predicted molar refractivity (Wildman–Crippen MR) is 89.9 cm³/mol. The third-order valence-electron chi connectivity index (χ3n) is 3.62. The van der Waals surface area contributed by atoms with E-state index in [-0.39, 0.29) is 18.4 Å². The number of hydrogen-bond donors (Lipinski definition) is 2. The Hall–Kier alpha value is -2.08. The van der Waals surface area contributed by atoms with Crippen LogP contribution in [0.4, 0.5) is 5.69 Å². The molecule has 0 unspecified atom stereocenters. The van der Waals surface area contributed by atoms with Crippen LogP contribution in [-0.2, 0) is 4.79 Å². The topological polar surface area (TPSA) is 70.7 Å². The minimum atomic E-state index is -0.138. The molecule has 6 heteroatoms. The van der Waals surface area contributed by atoms with E-state index in [1.807, 2.05) is 6.92 Å². The molecule has 0 spiro atoms. The van der Waals surface area contributed by atoms with Crippen LogP contribution in [0, 0.1) is 5.92 Å². The summed E-state index contributed by atoms with van der Waals surface area (Å²) in [4.78, 5) is 25.6. The first kappa shape index (κ1) is 17.3. The minimum absolute atomic E-state index is 0.115. The lowest BCUT2D eigenvalue weighted by Crippen LogP contribution is -2.29. The highest BCUT2D eigenvalue weighted by atomic mass is 16.5. The Labute approximate surface area is 137 Å². The Bertz CT molecular complexity index is 568. The van der Waals surface area contributed by atoms with Crippen molar-refractivity contribution in [1.82, 2.24) is 10.2 Å². The van der Waals surface area contributed by atoms with Crippen LogP contribution in [0.15, 0.2) is 18.2 Å². The van der Waals surface area contributed by atoms with Crippen molar-refractivity contribution in [1.29, 1.82) is 0 Å². The van der Waals surface area contributed by atoms with Crippen molar-refractivity contribution in [3.05, 3.63) is 23.8 Å². The number of nitrogens with zero attached hydrogens (tertiary/aromatic N) is 1. The van der Waals surface area contributed by atoms with Gasteiger partial charge in [-0.25, -0.2) is 0 Å². The van der Waals surface area contributed by atoms with Crippen molar-refractivity contribution in [3.63, 3.8) is 0 Å². The lowest BCUT2D eigenvalue weighted by atomic mass is 10.1. The molecule has 0 saturated heterocycles. The summed E-state index contributed by atoms with van der Waals surface area (Å²) in [5.74, 6) is 1.04. The van der Waals surface area contributed by atoms with Gasteiger partial charge in [0.05, 0.1) is 18.8 Å². The molecular weight excluding hydrogens is 294 g/mol. The van der Waals surface area contributed by atoms with Crippen molar-refractivity contribution in [3.8, 4) is 5.75 Å². The Balaban J connectivity index is 2.04. The highest BCUT2D eigenvalue weighted by molar-refractivity contribution is 5.98. The van der Waals surface area contributed by atoms with Gasteiger partial charge in [0.2, 0.25) is 5.91 Å². The summed E-state index contributed by atoms with van der Waals surface area (Å²) in [6.07, 6.45) is 2.50. The number of benzene rings is 1. The molecule has 1 aromatic rings. The highest BCUT2D eigenvalue weighted by Gasteiger charge is 2.21.